The van der Waals surface area contributed by atoms with Gasteiger partial charge in [0.2, 0.25) is 0 Å². The number of hydrogen-bond acceptors (Lipinski definition) is 5. The summed E-state index contributed by atoms with van der Waals surface area (Å²) < 4.78 is 0. The van der Waals surface area contributed by atoms with Crippen LogP contribution in [-0.2, 0) is 0 Å². The van der Waals surface area contributed by atoms with Crippen molar-refractivity contribution in [1.82, 2.24) is 4.98 Å². The van der Waals surface area contributed by atoms with Crippen LogP contribution in [0, 0.1) is 0 Å². The fraction of sp³-hybridized carbons (Fsp3) is 0. The minimum absolute atomic E-state index is 0.00893. The van der Waals surface area contributed by atoms with Gasteiger partial charge in [0.1, 0.15) is 11.5 Å². The molecule has 1 heterocycles. The highest BCUT2D eigenvalue weighted by atomic mass is 16.4. The number of rotatable bonds is 3. The largest absolute Gasteiger partial charge is 0.508 e. The lowest BCUT2D eigenvalue weighted by Gasteiger charge is -2.09. The van der Waals surface area contributed by atoms with E-state index in [4.69, 9.17) is 5.11 Å². The number of hydrogen-bond donors (Lipinski definition) is 4. The standard InChI is InChI=1S/C13H10N2O5/c16-7-3-4-9(8(6-7)13(19)20)15-12(18)11-10(17)2-1-5-14-11/h1-6,16-17H,(H,15,18)(H,19,20). The molecule has 0 radical (unpaired) electrons. The van der Waals surface area contributed by atoms with Crippen molar-refractivity contribution in [2.75, 3.05) is 5.32 Å². The van der Waals surface area contributed by atoms with Crippen molar-refractivity contribution < 1.29 is 24.9 Å². The molecule has 1 aromatic heterocycles. The predicted molar refractivity (Wildman–Crippen MR) is 68.9 cm³/mol. The van der Waals surface area contributed by atoms with Gasteiger partial charge in [0.25, 0.3) is 5.91 Å². The molecule has 102 valence electrons. The van der Waals surface area contributed by atoms with E-state index in [-0.39, 0.29) is 28.4 Å². The van der Waals surface area contributed by atoms with Crippen LogP contribution in [0.3, 0.4) is 0 Å². The lowest BCUT2D eigenvalue weighted by molar-refractivity contribution is 0.0697. The van der Waals surface area contributed by atoms with E-state index in [2.05, 4.69) is 10.3 Å². The van der Waals surface area contributed by atoms with Gasteiger partial charge < -0.3 is 20.6 Å². The molecular formula is C13H10N2O5. The molecule has 2 rings (SSSR count). The van der Waals surface area contributed by atoms with Crippen LogP contribution in [0.5, 0.6) is 11.5 Å². The minimum atomic E-state index is -1.30. The number of amides is 1. The van der Waals surface area contributed by atoms with Crippen LogP contribution in [-0.4, -0.2) is 32.2 Å². The average molecular weight is 274 g/mol. The summed E-state index contributed by atoms with van der Waals surface area (Å²) in [6.07, 6.45) is 1.32. The molecule has 0 spiro atoms. The monoisotopic (exact) mass is 274 g/mol. The van der Waals surface area contributed by atoms with E-state index in [0.29, 0.717) is 0 Å². The molecule has 0 aliphatic heterocycles. The first-order chi connectivity index (χ1) is 9.49. The molecule has 0 saturated heterocycles. The highest BCUT2D eigenvalue weighted by Crippen LogP contribution is 2.23. The Kier molecular flexibility index (Phi) is 3.52. The zero-order valence-corrected chi connectivity index (χ0v) is 10.1. The number of anilines is 1. The van der Waals surface area contributed by atoms with Gasteiger partial charge in [-0.05, 0) is 30.3 Å². The molecule has 0 aliphatic rings. The van der Waals surface area contributed by atoms with Crippen LogP contribution in [0.25, 0.3) is 0 Å². The molecule has 1 aromatic carbocycles. The van der Waals surface area contributed by atoms with Crippen LogP contribution in [0.1, 0.15) is 20.8 Å². The maximum absolute atomic E-state index is 11.9. The van der Waals surface area contributed by atoms with E-state index in [1.165, 1.54) is 30.5 Å². The maximum Gasteiger partial charge on any atom is 0.337 e. The van der Waals surface area contributed by atoms with Crippen molar-refractivity contribution in [3.63, 3.8) is 0 Å². The van der Waals surface area contributed by atoms with E-state index in [1.807, 2.05) is 0 Å². The van der Waals surface area contributed by atoms with Gasteiger partial charge in [-0.1, -0.05) is 0 Å². The van der Waals surface area contributed by atoms with Gasteiger partial charge in [0, 0.05) is 6.20 Å². The molecule has 0 fully saturated rings. The molecule has 7 heteroatoms. The Morgan fingerprint density at radius 1 is 1.15 bits per heavy atom. The Balaban J connectivity index is 2.33. The summed E-state index contributed by atoms with van der Waals surface area (Å²) in [5.41, 5.74) is -0.504. The van der Waals surface area contributed by atoms with Crippen molar-refractivity contribution in [3.05, 3.63) is 47.8 Å². The first-order valence-electron chi connectivity index (χ1n) is 5.50. The third-order valence-corrected chi connectivity index (χ3v) is 2.48. The summed E-state index contributed by atoms with van der Waals surface area (Å²) in [6, 6.07) is 6.24. The summed E-state index contributed by atoms with van der Waals surface area (Å²) in [6.45, 7) is 0. The normalized spacial score (nSPS) is 10.0. The van der Waals surface area contributed by atoms with Crippen molar-refractivity contribution in [1.29, 1.82) is 0 Å². The maximum atomic E-state index is 11.9. The number of phenolic OH excluding ortho intramolecular Hbond substituents is 1. The predicted octanol–water partition coefficient (Wildman–Crippen LogP) is 1.44. The molecule has 1 amide bonds. The van der Waals surface area contributed by atoms with Gasteiger partial charge in [-0.2, -0.15) is 0 Å². The number of carboxylic acid groups (broad SMARTS) is 1. The Morgan fingerprint density at radius 2 is 1.90 bits per heavy atom. The smallest absolute Gasteiger partial charge is 0.337 e. The third kappa shape index (κ3) is 2.66. The van der Waals surface area contributed by atoms with Crippen molar-refractivity contribution in [3.8, 4) is 11.5 Å². The lowest BCUT2D eigenvalue weighted by Crippen LogP contribution is -2.16. The van der Waals surface area contributed by atoms with Gasteiger partial charge in [-0.15, -0.1) is 0 Å². The molecule has 0 atom stereocenters. The second-order valence-corrected chi connectivity index (χ2v) is 3.86. The number of aromatic hydroxyl groups is 2. The van der Waals surface area contributed by atoms with E-state index in [0.717, 1.165) is 6.07 Å². The van der Waals surface area contributed by atoms with Crippen LogP contribution in [0.15, 0.2) is 36.5 Å². The van der Waals surface area contributed by atoms with Crippen molar-refractivity contribution in [2.24, 2.45) is 0 Å². The number of carbonyl (C=O) groups excluding carboxylic acids is 1. The van der Waals surface area contributed by atoms with Gasteiger partial charge in [0.05, 0.1) is 11.3 Å². The molecular weight excluding hydrogens is 264 g/mol. The minimum Gasteiger partial charge on any atom is -0.508 e. The number of carbonyl (C=O) groups is 2. The molecule has 0 bridgehead atoms. The van der Waals surface area contributed by atoms with Gasteiger partial charge in [-0.3, -0.25) is 4.79 Å². The number of benzene rings is 1. The average Bonchev–Trinajstić information content (AvgIpc) is 2.41. The summed E-state index contributed by atoms with van der Waals surface area (Å²) in [7, 11) is 0. The third-order valence-electron chi connectivity index (χ3n) is 2.48. The molecule has 0 aliphatic carbocycles. The summed E-state index contributed by atoms with van der Waals surface area (Å²) in [5, 5.41) is 30.1. The Bertz CT molecular complexity index is 684. The second-order valence-electron chi connectivity index (χ2n) is 3.86. The first-order valence-corrected chi connectivity index (χ1v) is 5.50. The number of aromatic nitrogens is 1. The number of carboxylic acids is 1. The number of nitrogens with one attached hydrogen (secondary N) is 1. The van der Waals surface area contributed by atoms with Crippen LogP contribution < -0.4 is 5.32 Å². The van der Waals surface area contributed by atoms with E-state index < -0.39 is 11.9 Å². The number of pyridine rings is 1. The summed E-state index contributed by atoms with van der Waals surface area (Å²) in [5.74, 6) is -2.61. The highest BCUT2D eigenvalue weighted by Gasteiger charge is 2.17. The zero-order valence-electron chi connectivity index (χ0n) is 10.1. The van der Waals surface area contributed by atoms with Crippen LogP contribution in [0.2, 0.25) is 0 Å². The van der Waals surface area contributed by atoms with Crippen LogP contribution >= 0.6 is 0 Å². The SMILES string of the molecule is O=C(O)c1cc(O)ccc1NC(=O)c1ncccc1O. The molecule has 2 aromatic rings. The van der Waals surface area contributed by atoms with E-state index in [9.17, 15) is 19.8 Å². The van der Waals surface area contributed by atoms with Crippen LogP contribution in [0.4, 0.5) is 5.69 Å². The number of phenols is 1. The van der Waals surface area contributed by atoms with Crippen molar-refractivity contribution >= 4 is 17.6 Å². The first kappa shape index (κ1) is 13.3. The molecule has 0 unspecified atom stereocenters. The second kappa shape index (κ2) is 5.27. The molecule has 7 nitrogen and oxygen atoms in total. The summed E-state index contributed by atoms with van der Waals surface area (Å²) in [4.78, 5) is 26.6. The number of nitrogens with zero attached hydrogens (tertiary/aromatic N) is 1. The Hall–Kier alpha value is -3.09. The lowest BCUT2D eigenvalue weighted by atomic mass is 10.1. The van der Waals surface area contributed by atoms with Gasteiger partial charge in [0.15, 0.2) is 5.69 Å². The quantitative estimate of drug-likeness (QED) is 0.629. The fourth-order valence-corrected chi connectivity index (χ4v) is 1.57. The van der Waals surface area contributed by atoms with E-state index in [1.54, 1.807) is 0 Å². The summed E-state index contributed by atoms with van der Waals surface area (Å²) >= 11 is 0. The molecule has 4 N–H and O–H groups in total. The topological polar surface area (TPSA) is 120 Å². The molecule has 0 saturated carbocycles. The fourth-order valence-electron chi connectivity index (χ4n) is 1.57. The Labute approximate surface area is 113 Å². The van der Waals surface area contributed by atoms with Crippen molar-refractivity contribution in [2.45, 2.75) is 0 Å². The van der Waals surface area contributed by atoms with Gasteiger partial charge >= 0.3 is 5.97 Å². The number of aromatic carboxylic acids is 1. The van der Waals surface area contributed by atoms with Gasteiger partial charge in [-0.25, -0.2) is 9.78 Å². The van der Waals surface area contributed by atoms with E-state index >= 15 is 0 Å². The highest BCUT2D eigenvalue weighted by molar-refractivity contribution is 6.08. The zero-order chi connectivity index (χ0) is 14.7. The molecule has 20 heavy (non-hydrogen) atoms. The Morgan fingerprint density at radius 3 is 2.55 bits per heavy atom.